The molecule has 3 nitrogen and oxygen atoms in total. The van der Waals surface area contributed by atoms with E-state index < -0.39 is 0 Å². The molecule has 0 fully saturated rings. The van der Waals surface area contributed by atoms with Gasteiger partial charge < -0.3 is 9.47 Å². The maximum absolute atomic E-state index is 10.8. The number of hydrogen-bond donors (Lipinski definition) is 0. The fourth-order valence-electron chi connectivity index (χ4n) is 1.99. The number of ether oxygens (including phenoxy) is 2. The third-order valence-electron chi connectivity index (χ3n) is 3.03. The number of hydrogen-bond acceptors (Lipinski definition) is 3. The molecule has 0 N–H and O–H groups in total. The van der Waals surface area contributed by atoms with Crippen molar-refractivity contribution >= 4 is 6.29 Å². The van der Waals surface area contributed by atoms with Gasteiger partial charge in [-0.1, -0.05) is 30.3 Å². The predicted molar refractivity (Wildman–Crippen MR) is 84.9 cm³/mol. The molecule has 0 radical (unpaired) electrons. The van der Waals surface area contributed by atoms with Gasteiger partial charge in [0, 0.05) is 5.56 Å². The molecule has 0 heterocycles. The minimum absolute atomic E-state index is 0.585. The summed E-state index contributed by atoms with van der Waals surface area (Å²) in [5.74, 6) is 2.83. The lowest BCUT2D eigenvalue weighted by atomic mass is 10.2. The molecule has 0 aliphatic heterocycles. The number of rotatable bonds is 5. The van der Waals surface area contributed by atoms with E-state index in [0.29, 0.717) is 17.1 Å². The molecule has 0 amide bonds. The van der Waals surface area contributed by atoms with Crippen molar-refractivity contribution in [2.75, 3.05) is 0 Å². The van der Waals surface area contributed by atoms with Crippen LogP contribution in [0.2, 0.25) is 0 Å². The molecule has 0 saturated heterocycles. The van der Waals surface area contributed by atoms with E-state index in [0.717, 1.165) is 17.8 Å². The summed E-state index contributed by atoms with van der Waals surface area (Å²) in [5.41, 5.74) is 0.585. The van der Waals surface area contributed by atoms with Gasteiger partial charge in [0.05, 0.1) is 0 Å². The lowest BCUT2D eigenvalue weighted by Crippen LogP contribution is -1.87. The molecule has 0 bridgehead atoms. The highest BCUT2D eigenvalue weighted by atomic mass is 16.5. The van der Waals surface area contributed by atoms with Crippen LogP contribution in [-0.4, -0.2) is 6.29 Å². The molecular formula is C19H14O3. The van der Waals surface area contributed by atoms with E-state index in [9.17, 15) is 4.79 Å². The summed E-state index contributed by atoms with van der Waals surface area (Å²) in [6, 6.07) is 23.9. The van der Waals surface area contributed by atoms with Gasteiger partial charge in [-0.15, -0.1) is 0 Å². The number of carbonyl (C=O) groups is 1. The van der Waals surface area contributed by atoms with E-state index in [4.69, 9.17) is 9.47 Å². The standard InChI is InChI=1S/C19H14O3/c20-14-15-5-4-8-19(13-15)22-18-11-9-17(10-12-18)21-16-6-2-1-3-7-16/h1-14H. The first-order valence-electron chi connectivity index (χ1n) is 6.89. The van der Waals surface area contributed by atoms with Gasteiger partial charge in [0.15, 0.2) is 0 Å². The van der Waals surface area contributed by atoms with E-state index in [1.165, 1.54) is 0 Å². The molecule has 22 heavy (non-hydrogen) atoms. The van der Waals surface area contributed by atoms with Gasteiger partial charge in [-0.3, -0.25) is 4.79 Å². The van der Waals surface area contributed by atoms with Gasteiger partial charge >= 0.3 is 0 Å². The van der Waals surface area contributed by atoms with Crippen molar-refractivity contribution in [2.45, 2.75) is 0 Å². The van der Waals surface area contributed by atoms with Crippen molar-refractivity contribution in [3.8, 4) is 23.0 Å². The molecular weight excluding hydrogens is 276 g/mol. The fourth-order valence-corrected chi connectivity index (χ4v) is 1.99. The zero-order chi connectivity index (χ0) is 15.2. The second kappa shape index (κ2) is 6.59. The van der Waals surface area contributed by atoms with Crippen LogP contribution in [0.1, 0.15) is 10.4 Å². The van der Waals surface area contributed by atoms with Crippen LogP contribution in [0.4, 0.5) is 0 Å². The van der Waals surface area contributed by atoms with Gasteiger partial charge in [0.2, 0.25) is 0 Å². The Bertz CT molecular complexity index is 749. The van der Waals surface area contributed by atoms with Gasteiger partial charge in [-0.2, -0.15) is 0 Å². The largest absolute Gasteiger partial charge is 0.457 e. The van der Waals surface area contributed by atoms with Crippen LogP contribution in [0.5, 0.6) is 23.0 Å². The Morgan fingerprint density at radius 3 is 1.77 bits per heavy atom. The highest BCUT2D eigenvalue weighted by Gasteiger charge is 2.01. The average Bonchev–Trinajstić information content (AvgIpc) is 2.58. The Morgan fingerprint density at radius 2 is 1.14 bits per heavy atom. The number of aldehydes is 1. The first kappa shape index (κ1) is 13.9. The summed E-state index contributed by atoms with van der Waals surface area (Å²) < 4.78 is 11.4. The van der Waals surface area contributed by atoms with E-state index in [1.807, 2.05) is 54.6 Å². The van der Waals surface area contributed by atoms with Gasteiger partial charge in [-0.05, 0) is 48.5 Å². The number of benzene rings is 3. The monoisotopic (exact) mass is 290 g/mol. The quantitative estimate of drug-likeness (QED) is 0.614. The summed E-state index contributed by atoms with van der Waals surface area (Å²) in [4.78, 5) is 10.8. The van der Waals surface area contributed by atoms with Crippen LogP contribution >= 0.6 is 0 Å². The van der Waals surface area contributed by atoms with Crippen molar-refractivity contribution < 1.29 is 14.3 Å². The van der Waals surface area contributed by atoms with Crippen LogP contribution in [0.3, 0.4) is 0 Å². The Kier molecular flexibility index (Phi) is 4.16. The lowest BCUT2D eigenvalue weighted by Gasteiger charge is -2.08. The maximum Gasteiger partial charge on any atom is 0.150 e. The molecule has 0 atom stereocenters. The van der Waals surface area contributed by atoms with E-state index in [-0.39, 0.29) is 0 Å². The van der Waals surface area contributed by atoms with E-state index in [1.54, 1.807) is 24.3 Å². The second-order valence-electron chi connectivity index (χ2n) is 4.68. The fraction of sp³-hybridized carbons (Fsp3) is 0. The molecule has 108 valence electrons. The van der Waals surface area contributed by atoms with Gasteiger partial charge in [0.1, 0.15) is 29.3 Å². The maximum atomic E-state index is 10.8. The molecule has 0 aliphatic carbocycles. The second-order valence-corrected chi connectivity index (χ2v) is 4.68. The van der Waals surface area contributed by atoms with Crippen molar-refractivity contribution in [1.29, 1.82) is 0 Å². The summed E-state index contributed by atoms with van der Waals surface area (Å²) >= 11 is 0. The topological polar surface area (TPSA) is 35.5 Å². The molecule has 0 saturated carbocycles. The Hall–Kier alpha value is -3.07. The molecule has 3 heteroatoms. The van der Waals surface area contributed by atoms with Gasteiger partial charge in [0.25, 0.3) is 0 Å². The number of carbonyl (C=O) groups excluding carboxylic acids is 1. The smallest absolute Gasteiger partial charge is 0.150 e. The summed E-state index contributed by atoms with van der Waals surface area (Å²) in [6.07, 6.45) is 0.795. The van der Waals surface area contributed by atoms with Crippen molar-refractivity contribution in [2.24, 2.45) is 0 Å². The minimum atomic E-state index is 0.585. The van der Waals surface area contributed by atoms with Crippen molar-refractivity contribution in [3.05, 3.63) is 84.4 Å². The Labute approximate surface area is 128 Å². The van der Waals surface area contributed by atoms with Crippen molar-refractivity contribution in [3.63, 3.8) is 0 Å². The highest BCUT2D eigenvalue weighted by molar-refractivity contribution is 5.75. The summed E-state index contributed by atoms with van der Waals surface area (Å²) in [5, 5.41) is 0. The van der Waals surface area contributed by atoms with Gasteiger partial charge in [-0.25, -0.2) is 0 Å². The highest BCUT2D eigenvalue weighted by Crippen LogP contribution is 2.26. The zero-order valence-corrected chi connectivity index (χ0v) is 11.8. The first-order valence-corrected chi connectivity index (χ1v) is 6.89. The van der Waals surface area contributed by atoms with Crippen LogP contribution in [0, 0.1) is 0 Å². The first-order chi connectivity index (χ1) is 10.8. The number of para-hydroxylation sites is 1. The predicted octanol–water partition coefficient (Wildman–Crippen LogP) is 5.08. The van der Waals surface area contributed by atoms with E-state index in [2.05, 4.69) is 0 Å². The molecule has 3 rings (SSSR count). The average molecular weight is 290 g/mol. The van der Waals surface area contributed by atoms with E-state index >= 15 is 0 Å². The van der Waals surface area contributed by atoms with Crippen LogP contribution in [0.25, 0.3) is 0 Å². The molecule has 3 aromatic rings. The molecule has 0 unspecified atom stereocenters. The van der Waals surface area contributed by atoms with Crippen LogP contribution < -0.4 is 9.47 Å². The lowest BCUT2D eigenvalue weighted by molar-refractivity contribution is 0.112. The summed E-state index contributed by atoms with van der Waals surface area (Å²) in [7, 11) is 0. The minimum Gasteiger partial charge on any atom is -0.457 e. The Morgan fingerprint density at radius 1 is 0.591 bits per heavy atom. The SMILES string of the molecule is O=Cc1cccc(Oc2ccc(Oc3ccccc3)cc2)c1. The van der Waals surface area contributed by atoms with Crippen LogP contribution in [0.15, 0.2) is 78.9 Å². The molecule has 0 aliphatic rings. The van der Waals surface area contributed by atoms with Crippen molar-refractivity contribution in [1.82, 2.24) is 0 Å². The molecule has 3 aromatic carbocycles. The third-order valence-corrected chi connectivity index (χ3v) is 3.03. The Balaban J connectivity index is 1.70. The molecule has 0 aromatic heterocycles. The molecule has 0 spiro atoms. The zero-order valence-electron chi connectivity index (χ0n) is 11.8. The summed E-state index contributed by atoms with van der Waals surface area (Å²) in [6.45, 7) is 0. The van der Waals surface area contributed by atoms with Crippen LogP contribution in [-0.2, 0) is 0 Å². The normalized spacial score (nSPS) is 10.0. The third kappa shape index (κ3) is 3.52.